The van der Waals surface area contributed by atoms with Crippen LogP contribution >= 0.6 is 0 Å². The molecule has 7 nitrogen and oxygen atoms in total. The molecular weight excluding hydrogens is 428 g/mol. The summed E-state index contributed by atoms with van der Waals surface area (Å²) in [6.45, 7) is 9.50. The number of pyridine rings is 1. The number of benzene rings is 2. The molecule has 1 aliphatic heterocycles. The average Bonchev–Trinajstić information content (AvgIpc) is 2.87. The van der Waals surface area contributed by atoms with Crippen molar-refractivity contribution in [1.29, 1.82) is 0 Å². The van der Waals surface area contributed by atoms with E-state index in [0.29, 0.717) is 11.5 Å². The van der Waals surface area contributed by atoms with Crippen molar-refractivity contribution < 1.29 is 14.3 Å². The summed E-state index contributed by atoms with van der Waals surface area (Å²) >= 11 is 0. The van der Waals surface area contributed by atoms with E-state index in [1.165, 1.54) is 6.08 Å². The van der Waals surface area contributed by atoms with Gasteiger partial charge < -0.3 is 24.6 Å². The maximum atomic E-state index is 12.6. The van der Waals surface area contributed by atoms with E-state index in [1.54, 1.807) is 20.3 Å². The van der Waals surface area contributed by atoms with Crippen LogP contribution in [0.4, 0.5) is 11.5 Å². The summed E-state index contributed by atoms with van der Waals surface area (Å²) in [7, 11) is 3.20. The van der Waals surface area contributed by atoms with Crippen molar-refractivity contribution in [1.82, 2.24) is 9.88 Å². The van der Waals surface area contributed by atoms with Crippen molar-refractivity contribution in [2.45, 2.75) is 13.8 Å². The van der Waals surface area contributed by atoms with Crippen molar-refractivity contribution in [2.24, 2.45) is 0 Å². The van der Waals surface area contributed by atoms with Crippen molar-refractivity contribution in [3.8, 4) is 11.5 Å². The summed E-state index contributed by atoms with van der Waals surface area (Å²) in [6.07, 6.45) is 3.21. The van der Waals surface area contributed by atoms with E-state index in [1.807, 2.05) is 36.4 Å². The second-order valence-electron chi connectivity index (χ2n) is 8.38. The first-order valence-electron chi connectivity index (χ1n) is 11.6. The Kier molecular flexibility index (Phi) is 7.33. The normalized spacial score (nSPS) is 14.5. The monoisotopic (exact) mass is 460 g/mol. The highest BCUT2D eigenvalue weighted by Crippen LogP contribution is 2.27. The fourth-order valence-corrected chi connectivity index (χ4v) is 4.23. The van der Waals surface area contributed by atoms with Gasteiger partial charge in [0.25, 0.3) is 0 Å². The van der Waals surface area contributed by atoms with Gasteiger partial charge in [0.1, 0.15) is 17.3 Å². The van der Waals surface area contributed by atoms with Crippen LogP contribution in [0.1, 0.15) is 18.1 Å². The van der Waals surface area contributed by atoms with Gasteiger partial charge >= 0.3 is 0 Å². The van der Waals surface area contributed by atoms with Gasteiger partial charge in [-0.3, -0.25) is 4.79 Å². The van der Waals surface area contributed by atoms with Gasteiger partial charge in [0, 0.05) is 48.9 Å². The first-order chi connectivity index (χ1) is 16.5. The molecular formula is C27H32N4O3. The molecule has 2 heterocycles. The Morgan fingerprint density at radius 3 is 2.56 bits per heavy atom. The summed E-state index contributed by atoms with van der Waals surface area (Å²) in [6, 6.07) is 13.4. The summed E-state index contributed by atoms with van der Waals surface area (Å²) in [5.74, 6) is 2.17. The third-order valence-corrected chi connectivity index (χ3v) is 6.26. The molecule has 0 radical (unpaired) electrons. The number of hydrogen-bond acceptors (Lipinski definition) is 6. The van der Waals surface area contributed by atoms with Crippen LogP contribution in [0.3, 0.4) is 0 Å². The van der Waals surface area contributed by atoms with Gasteiger partial charge in [-0.05, 0) is 67.6 Å². The van der Waals surface area contributed by atoms with Gasteiger partial charge in [0.05, 0.1) is 19.7 Å². The maximum Gasteiger partial charge on any atom is 0.248 e. The molecule has 0 unspecified atom stereocenters. The highest BCUT2D eigenvalue weighted by molar-refractivity contribution is 6.03. The van der Waals surface area contributed by atoms with E-state index in [2.05, 4.69) is 35.0 Å². The number of piperazine rings is 1. The molecule has 0 bridgehead atoms. The summed E-state index contributed by atoms with van der Waals surface area (Å²) < 4.78 is 10.6. The number of likely N-dealkylation sites (N-methyl/N-ethyl adjacent to an activating group) is 1. The lowest BCUT2D eigenvalue weighted by Crippen LogP contribution is -2.46. The number of ether oxygens (including phenoxy) is 2. The Bertz CT molecular complexity index is 1200. The second kappa shape index (κ2) is 10.6. The Morgan fingerprint density at radius 1 is 1.06 bits per heavy atom. The van der Waals surface area contributed by atoms with E-state index in [4.69, 9.17) is 14.5 Å². The Labute approximate surface area is 201 Å². The van der Waals surface area contributed by atoms with Gasteiger partial charge in [-0.15, -0.1) is 0 Å². The van der Waals surface area contributed by atoms with Crippen LogP contribution in [0.2, 0.25) is 0 Å². The molecule has 0 aliphatic carbocycles. The molecule has 1 aliphatic rings. The molecule has 1 N–H and O–H groups in total. The maximum absolute atomic E-state index is 12.6. The zero-order valence-electron chi connectivity index (χ0n) is 20.3. The molecule has 1 saturated heterocycles. The van der Waals surface area contributed by atoms with E-state index >= 15 is 0 Å². The zero-order chi connectivity index (χ0) is 24.1. The molecule has 2 aromatic carbocycles. The molecule has 1 fully saturated rings. The Balaban J connectivity index is 1.48. The molecule has 3 aromatic rings. The molecule has 7 heteroatoms. The fourth-order valence-electron chi connectivity index (χ4n) is 4.23. The predicted octanol–water partition coefficient (Wildman–Crippen LogP) is 4.35. The standard InChI is InChI=1S/C27H32N4O3/c1-5-30-12-14-31(15-13-30)26-16-19(2)23-18-21(7-9-24(23)29-26)28-27(32)11-6-20-17-22(33-3)8-10-25(20)34-4/h6-11,16-18H,5,12-15H2,1-4H3,(H,28,32)/b11-6+. The molecule has 1 aromatic heterocycles. The van der Waals surface area contributed by atoms with Crippen molar-refractivity contribution in [2.75, 3.05) is 57.2 Å². The molecule has 34 heavy (non-hydrogen) atoms. The number of anilines is 2. The number of nitrogens with zero attached hydrogens (tertiary/aromatic N) is 3. The third kappa shape index (κ3) is 5.31. The molecule has 4 rings (SSSR count). The van der Waals surface area contributed by atoms with Gasteiger partial charge in [-0.1, -0.05) is 6.92 Å². The van der Waals surface area contributed by atoms with E-state index in [-0.39, 0.29) is 5.91 Å². The van der Waals surface area contributed by atoms with Crippen LogP contribution in [0.5, 0.6) is 11.5 Å². The largest absolute Gasteiger partial charge is 0.497 e. The molecule has 0 spiro atoms. The quantitative estimate of drug-likeness (QED) is 0.529. The molecule has 1 amide bonds. The Morgan fingerprint density at radius 2 is 1.85 bits per heavy atom. The summed E-state index contributed by atoms with van der Waals surface area (Å²) in [5.41, 5.74) is 3.57. The Hall–Kier alpha value is -3.58. The van der Waals surface area contributed by atoms with Gasteiger partial charge in [0.15, 0.2) is 0 Å². The van der Waals surface area contributed by atoms with Crippen LogP contribution in [0.15, 0.2) is 48.5 Å². The topological polar surface area (TPSA) is 66.9 Å². The highest BCUT2D eigenvalue weighted by Gasteiger charge is 2.18. The summed E-state index contributed by atoms with van der Waals surface area (Å²) in [5, 5.41) is 3.98. The van der Waals surface area contributed by atoms with Crippen molar-refractivity contribution in [3.05, 3.63) is 59.7 Å². The number of carbonyl (C=O) groups is 1. The average molecular weight is 461 g/mol. The first kappa shape index (κ1) is 23.6. The summed E-state index contributed by atoms with van der Waals surface area (Å²) in [4.78, 5) is 22.3. The van der Waals surface area contributed by atoms with Crippen molar-refractivity contribution in [3.63, 3.8) is 0 Å². The number of carbonyl (C=O) groups excluding carboxylic acids is 1. The van der Waals surface area contributed by atoms with Crippen LogP contribution in [-0.2, 0) is 4.79 Å². The minimum atomic E-state index is -0.222. The fraction of sp³-hybridized carbons (Fsp3) is 0.333. The number of amides is 1. The SMILES string of the molecule is CCN1CCN(c2cc(C)c3cc(NC(=O)/C=C/c4cc(OC)ccc4OC)ccc3n2)CC1. The molecule has 178 valence electrons. The number of fused-ring (bicyclic) bond motifs is 1. The van der Waals surface area contributed by atoms with Crippen LogP contribution in [0, 0.1) is 6.92 Å². The third-order valence-electron chi connectivity index (χ3n) is 6.26. The smallest absolute Gasteiger partial charge is 0.248 e. The lowest BCUT2D eigenvalue weighted by molar-refractivity contribution is -0.111. The second-order valence-corrected chi connectivity index (χ2v) is 8.38. The first-order valence-corrected chi connectivity index (χ1v) is 11.6. The number of aryl methyl sites for hydroxylation is 1. The number of hydrogen-bond donors (Lipinski definition) is 1. The van der Waals surface area contributed by atoms with Crippen molar-refractivity contribution >= 4 is 34.4 Å². The number of aromatic nitrogens is 1. The molecule has 0 saturated carbocycles. The highest BCUT2D eigenvalue weighted by atomic mass is 16.5. The van der Waals surface area contributed by atoms with E-state index in [9.17, 15) is 4.79 Å². The molecule has 0 atom stereocenters. The minimum Gasteiger partial charge on any atom is -0.497 e. The van der Waals surface area contributed by atoms with Gasteiger partial charge in [0.2, 0.25) is 5.91 Å². The number of methoxy groups -OCH3 is 2. The van der Waals surface area contributed by atoms with Crippen LogP contribution in [-0.4, -0.2) is 62.7 Å². The lowest BCUT2D eigenvalue weighted by Gasteiger charge is -2.35. The van der Waals surface area contributed by atoms with Crippen LogP contribution in [0.25, 0.3) is 17.0 Å². The number of rotatable bonds is 7. The van der Waals surface area contributed by atoms with Gasteiger partial charge in [-0.25, -0.2) is 4.98 Å². The van der Waals surface area contributed by atoms with E-state index < -0.39 is 0 Å². The lowest BCUT2D eigenvalue weighted by atomic mass is 10.1. The van der Waals surface area contributed by atoms with E-state index in [0.717, 1.165) is 66.3 Å². The predicted molar refractivity (Wildman–Crippen MR) is 138 cm³/mol. The zero-order valence-corrected chi connectivity index (χ0v) is 20.3. The van der Waals surface area contributed by atoms with Crippen LogP contribution < -0.4 is 19.7 Å². The number of nitrogens with one attached hydrogen (secondary N) is 1. The minimum absolute atomic E-state index is 0.222. The van der Waals surface area contributed by atoms with Gasteiger partial charge in [-0.2, -0.15) is 0 Å².